The van der Waals surface area contributed by atoms with Gasteiger partial charge in [0.2, 0.25) is 0 Å². The lowest BCUT2D eigenvalue weighted by atomic mass is 10.1. The lowest BCUT2D eigenvalue weighted by Crippen LogP contribution is -2.21. The molecular formula is C26H20N4O3S3. The molecule has 0 spiro atoms. The molecule has 0 saturated carbocycles. The van der Waals surface area contributed by atoms with E-state index in [9.17, 15) is 14.9 Å². The van der Waals surface area contributed by atoms with Crippen LogP contribution in [0.25, 0.3) is 21.7 Å². The second-order valence-electron chi connectivity index (χ2n) is 7.96. The van der Waals surface area contributed by atoms with E-state index >= 15 is 0 Å². The predicted molar refractivity (Wildman–Crippen MR) is 147 cm³/mol. The predicted octanol–water partition coefficient (Wildman–Crippen LogP) is 6.73. The zero-order valence-electron chi connectivity index (χ0n) is 19.2. The van der Waals surface area contributed by atoms with Crippen LogP contribution in [0.2, 0.25) is 0 Å². The fraction of sp³-hybridized carbons (Fsp3) is 0.115. The number of benzene rings is 3. The van der Waals surface area contributed by atoms with Gasteiger partial charge in [0, 0.05) is 23.6 Å². The van der Waals surface area contributed by atoms with Crippen molar-refractivity contribution in [2.45, 2.75) is 24.3 Å². The molecule has 5 rings (SSSR count). The number of nitro groups is 1. The van der Waals surface area contributed by atoms with Gasteiger partial charge in [-0.3, -0.25) is 24.0 Å². The summed E-state index contributed by atoms with van der Waals surface area (Å²) in [5.74, 6) is 0.405. The maximum Gasteiger partial charge on any atom is 0.278 e. The van der Waals surface area contributed by atoms with Crippen LogP contribution in [0.15, 0.2) is 88.8 Å². The van der Waals surface area contributed by atoms with Crippen molar-refractivity contribution in [1.82, 2.24) is 14.1 Å². The molecular weight excluding hydrogens is 513 g/mol. The fourth-order valence-electron chi connectivity index (χ4n) is 3.85. The van der Waals surface area contributed by atoms with Crippen LogP contribution >= 0.6 is 35.3 Å². The summed E-state index contributed by atoms with van der Waals surface area (Å²) in [5.41, 5.74) is 3.84. The van der Waals surface area contributed by atoms with Gasteiger partial charge in [0.25, 0.3) is 11.2 Å². The van der Waals surface area contributed by atoms with Gasteiger partial charge in [0.1, 0.15) is 4.70 Å². The Kier molecular flexibility index (Phi) is 6.82. The highest BCUT2D eigenvalue weighted by Gasteiger charge is 2.19. The largest absolute Gasteiger partial charge is 0.278 e. The molecule has 180 valence electrons. The van der Waals surface area contributed by atoms with E-state index in [4.69, 9.17) is 17.2 Å². The Balaban J connectivity index is 1.67. The molecule has 2 aromatic heterocycles. The maximum atomic E-state index is 13.8. The van der Waals surface area contributed by atoms with Crippen LogP contribution in [-0.4, -0.2) is 19.0 Å². The van der Waals surface area contributed by atoms with E-state index in [0.29, 0.717) is 30.9 Å². The number of non-ortho nitro benzene ring substituents is 1. The van der Waals surface area contributed by atoms with Gasteiger partial charge in [-0.05, 0) is 54.0 Å². The number of nitrogens with zero attached hydrogens (tertiary/aromatic N) is 4. The molecule has 7 nitrogen and oxygen atoms in total. The third-order valence-corrected chi connectivity index (χ3v) is 8.04. The van der Waals surface area contributed by atoms with Crippen LogP contribution in [-0.2, 0) is 12.2 Å². The zero-order valence-corrected chi connectivity index (χ0v) is 21.6. The standard InChI is InChI=1S/C26H20N4O3S3/c1-2-17-11-13-20(14-12-17)28-23-22(36-26(28)34)24(31)29(19-8-4-3-5-9-19)25(27-23)35-16-18-7-6-10-21(15-18)30(32)33/h3-15H,2,16H2,1H3. The number of hydrogen-bond donors (Lipinski definition) is 0. The summed E-state index contributed by atoms with van der Waals surface area (Å²) in [4.78, 5) is 29.5. The van der Waals surface area contributed by atoms with Crippen LogP contribution in [0.5, 0.6) is 0 Å². The summed E-state index contributed by atoms with van der Waals surface area (Å²) in [7, 11) is 0. The lowest BCUT2D eigenvalue weighted by Gasteiger charge is -2.13. The Labute approximate surface area is 219 Å². The van der Waals surface area contributed by atoms with Crippen molar-refractivity contribution in [2.75, 3.05) is 0 Å². The average molecular weight is 533 g/mol. The van der Waals surface area contributed by atoms with Gasteiger partial charge < -0.3 is 0 Å². The van der Waals surface area contributed by atoms with E-state index in [0.717, 1.165) is 17.7 Å². The molecule has 0 bridgehead atoms. The molecule has 0 unspecified atom stereocenters. The monoisotopic (exact) mass is 532 g/mol. The van der Waals surface area contributed by atoms with Crippen molar-refractivity contribution in [3.8, 4) is 11.4 Å². The van der Waals surface area contributed by atoms with Crippen LogP contribution in [0, 0.1) is 14.1 Å². The second-order valence-corrected chi connectivity index (χ2v) is 10.5. The highest BCUT2D eigenvalue weighted by molar-refractivity contribution is 7.98. The third-order valence-electron chi connectivity index (χ3n) is 5.68. The minimum Gasteiger partial charge on any atom is -0.275 e. The zero-order chi connectivity index (χ0) is 25.2. The number of aromatic nitrogens is 3. The first-order valence-electron chi connectivity index (χ1n) is 11.2. The molecule has 0 aliphatic rings. The first-order chi connectivity index (χ1) is 17.5. The van der Waals surface area contributed by atoms with Crippen LogP contribution in [0.3, 0.4) is 0 Å². The van der Waals surface area contributed by atoms with Crippen LogP contribution in [0.4, 0.5) is 5.69 Å². The smallest absolute Gasteiger partial charge is 0.275 e. The number of fused-ring (bicyclic) bond motifs is 1. The normalized spacial score (nSPS) is 11.1. The molecule has 0 saturated heterocycles. The highest BCUT2D eigenvalue weighted by Crippen LogP contribution is 2.29. The molecule has 0 atom stereocenters. The molecule has 10 heteroatoms. The van der Waals surface area contributed by atoms with Crippen molar-refractivity contribution in [2.24, 2.45) is 0 Å². The van der Waals surface area contributed by atoms with E-state index in [1.807, 2.05) is 65.2 Å². The van der Waals surface area contributed by atoms with Gasteiger partial charge in [-0.15, -0.1) is 0 Å². The molecule has 0 amide bonds. The van der Waals surface area contributed by atoms with Gasteiger partial charge in [-0.2, -0.15) is 0 Å². The minimum absolute atomic E-state index is 0.0268. The molecule has 2 heterocycles. The number of rotatable bonds is 7. The number of para-hydroxylation sites is 1. The fourth-order valence-corrected chi connectivity index (χ4v) is 6.10. The van der Waals surface area contributed by atoms with Gasteiger partial charge in [-0.25, -0.2) is 4.98 Å². The van der Waals surface area contributed by atoms with Gasteiger partial charge in [0.05, 0.1) is 10.6 Å². The van der Waals surface area contributed by atoms with Crippen molar-refractivity contribution >= 4 is 51.4 Å². The number of nitro benzene ring substituents is 1. The summed E-state index contributed by atoms with van der Waals surface area (Å²) in [6.07, 6.45) is 0.925. The Hall–Kier alpha value is -3.60. The summed E-state index contributed by atoms with van der Waals surface area (Å²) >= 11 is 8.26. The number of thioether (sulfide) groups is 1. The summed E-state index contributed by atoms with van der Waals surface area (Å²) in [6, 6.07) is 23.9. The highest BCUT2D eigenvalue weighted by atomic mass is 32.2. The number of hydrogen-bond acceptors (Lipinski definition) is 7. The SMILES string of the molecule is CCc1ccc(-n2c(=S)sc3c(=O)n(-c4ccccc4)c(SCc4cccc([N+](=O)[O-])c4)nc32)cc1. The van der Waals surface area contributed by atoms with Crippen molar-refractivity contribution < 1.29 is 4.92 Å². The molecule has 3 aromatic carbocycles. The first-order valence-corrected chi connectivity index (χ1v) is 13.4. The maximum absolute atomic E-state index is 13.8. The Morgan fingerprint density at radius 1 is 0.972 bits per heavy atom. The lowest BCUT2D eigenvalue weighted by molar-refractivity contribution is -0.384. The molecule has 0 aliphatic heterocycles. The van der Waals surface area contributed by atoms with Gasteiger partial charge >= 0.3 is 0 Å². The molecule has 36 heavy (non-hydrogen) atoms. The van der Waals surface area contributed by atoms with Gasteiger partial charge in [0.15, 0.2) is 14.8 Å². The van der Waals surface area contributed by atoms with Crippen molar-refractivity contribution in [3.63, 3.8) is 0 Å². The second kappa shape index (κ2) is 10.2. The van der Waals surface area contributed by atoms with Crippen molar-refractivity contribution in [3.05, 3.63) is 114 Å². The van der Waals surface area contributed by atoms with Crippen molar-refractivity contribution in [1.29, 1.82) is 0 Å². The third kappa shape index (κ3) is 4.62. The molecule has 0 radical (unpaired) electrons. The summed E-state index contributed by atoms with van der Waals surface area (Å²) in [6.45, 7) is 2.10. The van der Waals surface area contributed by atoms with E-state index < -0.39 is 4.92 Å². The summed E-state index contributed by atoms with van der Waals surface area (Å²) < 4.78 is 4.44. The van der Waals surface area contributed by atoms with E-state index in [-0.39, 0.29) is 11.2 Å². The van der Waals surface area contributed by atoms with Crippen LogP contribution < -0.4 is 5.56 Å². The molecule has 5 aromatic rings. The van der Waals surface area contributed by atoms with Gasteiger partial charge in [-0.1, -0.05) is 72.5 Å². The topological polar surface area (TPSA) is 83.0 Å². The average Bonchev–Trinajstić information content (AvgIpc) is 3.24. The van der Waals surface area contributed by atoms with E-state index in [1.54, 1.807) is 10.6 Å². The Morgan fingerprint density at radius 2 is 1.69 bits per heavy atom. The quantitative estimate of drug-likeness (QED) is 0.0760. The first kappa shape index (κ1) is 24.1. The number of aryl methyl sites for hydroxylation is 1. The Morgan fingerprint density at radius 3 is 2.39 bits per heavy atom. The van der Waals surface area contributed by atoms with Crippen LogP contribution in [0.1, 0.15) is 18.1 Å². The number of thiazole rings is 1. The molecule has 0 aliphatic carbocycles. The Bertz CT molecular complexity index is 1690. The van der Waals surface area contributed by atoms with E-state index in [1.165, 1.54) is 40.8 Å². The molecule has 0 fully saturated rings. The summed E-state index contributed by atoms with van der Waals surface area (Å²) in [5, 5.41) is 11.7. The minimum atomic E-state index is -0.415. The molecule has 0 N–H and O–H groups in total. The van der Waals surface area contributed by atoms with E-state index in [2.05, 4.69) is 6.92 Å².